The molecule has 0 aliphatic carbocycles. The summed E-state index contributed by atoms with van der Waals surface area (Å²) in [5.41, 5.74) is 1.38. The number of carbonyl (C=O) groups excluding carboxylic acids is 3. The second-order valence-corrected chi connectivity index (χ2v) is 6.81. The van der Waals surface area contributed by atoms with E-state index in [2.05, 4.69) is 10.6 Å². The van der Waals surface area contributed by atoms with Crippen molar-refractivity contribution in [2.24, 2.45) is 0 Å². The highest BCUT2D eigenvalue weighted by molar-refractivity contribution is 6.39. The first-order chi connectivity index (χ1) is 14.6. The summed E-state index contributed by atoms with van der Waals surface area (Å²) in [6, 6.07) is 14.4. The number of ether oxygens (including phenoxy) is 3. The molecule has 0 spiro atoms. The molecule has 1 fully saturated rings. The lowest BCUT2D eigenvalue weighted by Gasteiger charge is -2.33. The van der Waals surface area contributed by atoms with E-state index in [4.69, 9.17) is 14.2 Å². The summed E-state index contributed by atoms with van der Waals surface area (Å²) < 4.78 is 16.2. The van der Waals surface area contributed by atoms with Crippen LogP contribution in [-0.4, -0.2) is 55.7 Å². The lowest BCUT2D eigenvalue weighted by atomic mass is 10.1. The quantitative estimate of drug-likeness (QED) is 0.729. The van der Waals surface area contributed by atoms with Crippen LogP contribution in [0.3, 0.4) is 0 Å². The molecule has 4 rings (SSSR count). The van der Waals surface area contributed by atoms with Crippen molar-refractivity contribution in [3.63, 3.8) is 0 Å². The van der Waals surface area contributed by atoms with Gasteiger partial charge in [0.1, 0.15) is 6.10 Å². The third-order valence-electron chi connectivity index (χ3n) is 4.83. The molecule has 2 aromatic rings. The Morgan fingerprint density at radius 1 is 1.00 bits per heavy atom. The van der Waals surface area contributed by atoms with Crippen molar-refractivity contribution in [2.75, 3.05) is 38.4 Å². The van der Waals surface area contributed by atoms with Gasteiger partial charge in [0.15, 0.2) is 11.5 Å². The van der Waals surface area contributed by atoms with Gasteiger partial charge in [0.05, 0.1) is 19.7 Å². The van der Waals surface area contributed by atoms with Gasteiger partial charge >= 0.3 is 11.8 Å². The van der Waals surface area contributed by atoms with Crippen molar-refractivity contribution in [3.8, 4) is 11.5 Å². The largest absolute Gasteiger partial charge is 0.454 e. The van der Waals surface area contributed by atoms with E-state index in [9.17, 15) is 14.4 Å². The Bertz CT molecular complexity index is 949. The molecular formula is C21H21N3O6. The summed E-state index contributed by atoms with van der Waals surface area (Å²) in [7, 11) is 0. The number of fused-ring (bicyclic) bond motifs is 1. The van der Waals surface area contributed by atoms with Gasteiger partial charge in [-0.1, -0.05) is 30.3 Å². The molecule has 2 aliphatic heterocycles. The van der Waals surface area contributed by atoms with Crippen LogP contribution in [0.2, 0.25) is 0 Å². The van der Waals surface area contributed by atoms with Gasteiger partial charge in [0.2, 0.25) is 12.7 Å². The number of hydrogen-bond donors (Lipinski definition) is 2. The van der Waals surface area contributed by atoms with E-state index in [-0.39, 0.29) is 25.3 Å². The monoisotopic (exact) mass is 411 g/mol. The maximum Gasteiger partial charge on any atom is 0.313 e. The molecule has 9 heteroatoms. The molecule has 0 bridgehead atoms. The van der Waals surface area contributed by atoms with Gasteiger partial charge in [-0.15, -0.1) is 0 Å². The summed E-state index contributed by atoms with van der Waals surface area (Å²) >= 11 is 0. The normalized spacial score (nSPS) is 17.3. The molecule has 2 aliphatic rings. The number of nitrogens with zero attached hydrogens (tertiary/aromatic N) is 1. The summed E-state index contributed by atoms with van der Waals surface area (Å²) in [6.45, 7) is 1.07. The lowest BCUT2D eigenvalue weighted by molar-refractivity contribution is -0.141. The van der Waals surface area contributed by atoms with Gasteiger partial charge in [-0.2, -0.15) is 0 Å². The van der Waals surface area contributed by atoms with E-state index in [0.29, 0.717) is 36.9 Å². The molecule has 0 aromatic heterocycles. The smallest absolute Gasteiger partial charge is 0.313 e. The van der Waals surface area contributed by atoms with Crippen LogP contribution in [0.1, 0.15) is 11.7 Å². The van der Waals surface area contributed by atoms with Crippen molar-refractivity contribution in [3.05, 3.63) is 54.1 Å². The molecule has 2 heterocycles. The average Bonchev–Trinajstić information content (AvgIpc) is 3.26. The molecule has 1 atom stereocenters. The number of benzene rings is 2. The Balaban J connectivity index is 1.26. The van der Waals surface area contributed by atoms with Crippen molar-refractivity contribution in [1.82, 2.24) is 10.2 Å². The number of carbonyl (C=O) groups is 3. The van der Waals surface area contributed by atoms with Crippen molar-refractivity contribution >= 4 is 23.4 Å². The molecule has 0 saturated carbocycles. The number of rotatable bonds is 4. The second-order valence-electron chi connectivity index (χ2n) is 6.81. The number of hydrogen-bond acceptors (Lipinski definition) is 6. The Labute approximate surface area is 172 Å². The molecule has 3 amide bonds. The van der Waals surface area contributed by atoms with Gasteiger partial charge in [-0.05, 0) is 17.7 Å². The zero-order valence-electron chi connectivity index (χ0n) is 16.1. The Morgan fingerprint density at radius 2 is 1.80 bits per heavy atom. The summed E-state index contributed by atoms with van der Waals surface area (Å²) in [5, 5.41) is 4.84. The van der Waals surface area contributed by atoms with Crippen LogP contribution in [0.4, 0.5) is 5.69 Å². The summed E-state index contributed by atoms with van der Waals surface area (Å²) in [6.07, 6.45) is -0.214. The van der Waals surface area contributed by atoms with E-state index >= 15 is 0 Å². The number of amides is 3. The first kappa shape index (κ1) is 19.7. The zero-order chi connectivity index (χ0) is 20.9. The van der Waals surface area contributed by atoms with Crippen molar-refractivity contribution < 1.29 is 28.6 Å². The maximum absolute atomic E-state index is 12.5. The SMILES string of the molecule is O=C(NCC(=O)N1CCOC(c2ccccc2)C1)C(=O)Nc1ccc2c(c1)OCO2. The van der Waals surface area contributed by atoms with Gasteiger partial charge in [-0.3, -0.25) is 14.4 Å². The molecule has 2 N–H and O–H groups in total. The highest BCUT2D eigenvalue weighted by Crippen LogP contribution is 2.34. The second kappa shape index (κ2) is 8.83. The van der Waals surface area contributed by atoms with Crippen LogP contribution in [0, 0.1) is 0 Å². The number of nitrogens with one attached hydrogen (secondary N) is 2. The van der Waals surface area contributed by atoms with E-state index in [0.717, 1.165) is 5.56 Å². The third-order valence-corrected chi connectivity index (χ3v) is 4.83. The lowest BCUT2D eigenvalue weighted by Crippen LogP contribution is -2.48. The van der Waals surface area contributed by atoms with Crippen LogP contribution >= 0.6 is 0 Å². The first-order valence-corrected chi connectivity index (χ1v) is 9.53. The highest BCUT2D eigenvalue weighted by atomic mass is 16.7. The Kier molecular flexibility index (Phi) is 5.80. The molecule has 0 radical (unpaired) electrons. The number of morpholine rings is 1. The topological polar surface area (TPSA) is 106 Å². The molecule has 2 aromatic carbocycles. The average molecular weight is 411 g/mol. The Morgan fingerprint density at radius 3 is 2.63 bits per heavy atom. The van der Waals surface area contributed by atoms with E-state index in [1.807, 2.05) is 30.3 Å². The summed E-state index contributed by atoms with van der Waals surface area (Å²) in [5.74, 6) is -0.978. The molecular weight excluding hydrogens is 390 g/mol. The van der Waals surface area contributed by atoms with Crippen LogP contribution in [0.15, 0.2) is 48.5 Å². The van der Waals surface area contributed by atoms with Crippen LogP contribution in [0.25, 0.3) is 0 Å². The van der Waals surface area contributed by atoms with Gasteiger partial charge in [0.25, 0.3) is 0 Å². The van der Waals surface area contributed by atoms with E-state index in [1.165, 1.54) is 0 Å². The predicted octanol–water partition coefficient (Wildman–Crippen LogP) is 1.07. The Hall–Kier alpha value is -3.59. The van der Waals surface area contributed by atoms with Crippen molar-refractivity contribution in [2.45, 2.75) is 6.10 Å². The first-order valence-electron chi connectivity index (χ1n) is 9.53. The fourth-order valence-corrected chi connectivity index (χ4v) is 3.26. The fraction of sp³-hybridized carbons (Fsp3) is 0.286. The van der Waals surface area contributed by atoms with E-state index in [1.54, 1.807) is 23.1 Å². The minimum absolute atomic E-state index is 0.113. The van der Waals surface area contributed by atoms with Gasteiger partial charge in [-0.25, -0.2) is 0 Å². The van der Waals surface area contributed by atoms with Crippen LogP contribution < -0.4 is 20.1 Å². The number of anilines is 1. The van der Waals surface area contributed by atoms with Gasteiger partial charge < -0.3 is 29.7 Å². The molecule has 1 saturated heterocycles. The minimum Gasteiger partial charge on any atom is -0.454 e. The molecule has 156 valence electrons. The highest BCUT2D eigenvalue weighted by Gasteiger charge is 2.26. The molecule has 1 unspecified atom stereocenters. The van der Waals surface area contributed by atoms with E-state index < -0.39 is 11.8 Å². The van der Waals surface area contributed by atoms with Crippen LogP contribution in [0.5, 0.6) is 11.5 Å². The molecule has 9 nitrogen and oxygen atoms in total. The van der Waals surface area contributed by atoms with Crippen molar-refractivity contribution in [1.29, 1.82) is 0 Å². The standard InChI is InChI=1S/C21H21N3O6/c25-19(24-8-9-28-18(12-24)14-4-2-1-3-5-14)11-22-20(26)21(27)23-15-6-7-16-17(10-15)30-13-29-16/h1-7,10,18H,8-9,11-13H2,(H,22,26)(H,23,27). The fourth-order valence-electron chi connectivity index (χ4n) is 3.26. The van der Waals surface area contributed by atoms with Gasteiger partial charge in [0, 0.05) is 18.3 Å². The van der Waals surface area contributed by atoms with Crippen LogP contribution in [-0.2, 0) is 19.1 Å². The summed E-state index contributed by atoms with van der Waals surface area (Å²) in [4.78, 5) is 38.3. The predicted molar refractivity (Wildman–Crippen MR) is 106 cm³/mol. The third kappa shape index (κ3) is 4.52. The molecule has 30 heavy (non-hydrogen) atoms. The zero-order valence-corrected chi connectivity index (χ0v) is 16.1. The minimum atomic E-state index is -0.895. The maximum atomic E-state index is 12.5.